The molecule has 0 saturated carbocycles. The summed E-state index contributed by atoms with van der Waals surface area (Å²) in [5.41, 5.74) is 4.94. The fourth-order valence-electron chi connectivity index (χ4n) is 2.32. The van der Waals surface area contributed by atoms with E-state index in [0.717, 1.165) is 6.20 Å². The molecule has 1 aromatic heterocycles. The van der Waals surface area contributed by atoms with Gasteiger partial charge in [-0.2, -0.15) is 13.2 Å². The van der Waals surface area contributed by atoms with Crippen molar-refractivity contribution in [1.29, 1.82) is 0 Å². The molecule has 1 heterocycles. The van der Waals surface area contributed by atoms with Crippen LogP contribution in [0, 0.1) is 6.92 Å². The number of amides is 1. The molecular weight excluding hydrogens is 407 g/mol. The number of nitrogens with two attached hydrogens (primary N) is 1. The van der Waals surface area contributed by atoms with Crippen LogP contribution in [0.25, 0.3) is 0 Å². The minimum absolute atomic E-state index is 0.156. The largest absolute Gasteiger partial charge is 0.434 e. The smallest absolute Gasteiger partial charge is 0.357 e. The van der Waals surface area contributed by atoms with E-state index in [9.17, 15) is 26.7 Å². The van der Waals surface area contributed by atoms with E-state index in [1.54, 1.807) is 6.92 Å². The number of alkyl halides is 3. The fourth-order valence-corrected chi connectivity index (χ4v) is 2.32. The molecule has 0 saturated heterocycles. The van der Waals surface area contributed by atoms with Gasteiger partial charge in [0.15, 0.2) is 5.69 Å². The SMILES string of the molecule is CC.C[C@H](N)CC1=CC(F)=CCC=C1F.Cc1nc(C(F)(F)F)cn1CCNC=O. The molecule has 2 rings (SSSR count). The lowest BCUT2D eigenvalue weighted by Gasteiger charge is -2.06. The van der Waals surface area contributed by atoms with Gasteiger partial charge in [-0.3, -0.25) is 4.79 Å². The summed E-state index contributed by atoms with van der Waals surface area (Å²) in [6.07, 6.45) is 1.59. The molecular formula is C20H29F5N4O. The highest BCUT2D eigenvalue weighted by molar-refractivity contribution is 5.45. The zero-order valence-electron chi connectivity index (χ0n) is 17.6. The molecule has 1 aliphatic rings. The minimum atomic E-state index is -4.42. The van der Waals surface area contributed by atoms with Crippen molar-refractivity contribution in [2.75, 3.05) is 6.54 Å². The second-order valence-electron chi connectivity index (χ2n) is 6.16. The average Bonchev–Trinajstić information content (AvgIpc) is 2.96. The van der Waals surface area contributed by atoms with Crippen molar-refractivity contribution in [3.63, 3.8) is 0 Å². The molecule has 0 spiro atoms. The Labute approximate surface area is 173 Å². The van der Waals surface area contributed by atoms with Crippen LogP contribution in [0.5, 0.6) is 0 Å². The van der Waals surface area contributed by atoms with Gasteiger partial charge in [0.25, 0.3) is 0 Å². The summed E-state index contributed by atoms with van der Waals surface area (Å²) >= 11 is 0. The van der Waals surface area contributed by atoms with Crippen LogP contribution in [0.15, 0.2) is 41.7 Å². The van der Waals surface area contributed by atoms with Crippen molar-refractivity contribution in [3.05, 3.63) is 53.2 Å². The maximum Gasteiger partial charge on any atom is 0.434 e. The number of imidazole rings is 1. The van der Waals surface area contributed by atoms with E-state index in [1.165, 1.54) is 29.7 Å². The Kier molecular flexibility index (Phi) is 12.5. The molecule has 0 bridgehead atoms. The third-order valence-corrected chi connectivity index (χ3v) is 3.62. The Hall–Kier alpha value is -2.49. The summed E-state index contributed by atoms with van der Waals surface area (Å²) in [5, 5.41) is 2.36. The van der Waals surface area contributed by atoms with Crippen molar-refractivity contribution >= 4 is 6.41 Å². The van der Waals surface area contributed by atoms with Crippen molar-refractivity contribution in [2.45, 2.75) is 59.3 Å². The standard InChI is InChI=1S/C10H13F2N.C8H10F3N3O.C2H6/c1-7(13)5-8-6-9(11)3-2-4-10(8)12;1-6-13-7(8(9,10)11)4-14(6)3-2-12-5-15;1-2/h3-4,6-7H,2,5,13H2,1H3;4-5H,2-3H2,1H3,(H,12,15);1-2H3/t7-;;/m0../s1. The lowest BCUT2D eigenvalue weighted by molar-refractivity contribution is -0.141. The van der Waals surface area contributed by atoms with Gasteiger partial charge in [-0.05, 0) is 50.5 Å². The Bertz CT molecular complexity index is 749. The molecule has 10 heteroatoms. The molecule has 0 aliphatic heterocycles. The highest BCUT2D eigenvalue weighted by Crippen LogP contribution is 2.28. The van der Waals surface area contributed by atoms with Crippen LogP contribution >= 0.6 is 0 Å². The summed E-state index contributed by atoms with van der Waals surface area (Å²) in [4.78, 5) is 13.3. The van der Waals surface area contributed by atoms with E-state index in [-0.39, 0.29) is 36.6 Å². The van der Waals surface area contributed by atoms with Crippen LogP contribution in [0.1, 0.15) is 45.1 Å². The van der Waals surface area contributed by atoms with Gasteiger partial charge in [-0.15, -0.1) is 0 Å². The van der Waals surface area contributed by atoms with Crippen LogP contribution in [0.3, 0.4) is 0 Å². The van der Waals surface area contributed by atoms with Crippen molar-refractivity contribution in [1.82, 2.24) is 14.9 Å². The monoisotopic (exact) mass is 436 g/mol. The summed E-state index contributed by atoms with van der Waals surface area (Å²) in [6, 6.07) is -0.156. The molecule has 1 aromatic rings. The first-order valence-corrected chi connectivity index (χ1v) is 9.50. The van der Waals surface area contributed by atoms with Gasteiger partial charge in [0.1, 0.15) is 17.5 Å². The summed E-state index contributed by atoms with van der Waals surface area (Å²) in [5.74, 6) is -0.476. The molecule has 5 nitrogen and oxygen atoms in total. The Morgan fingerprint density at radius 1 is 1.30 bits per heavy atom. The molecule has 1 amide bonds. The van der Waals surface area contributed by atoms with Crippen LogP contribution in [-0.2, 0) is 17.5 Å². The van der Waals surface area contributed by atoms with Gasteiger partial charge in [-0.1, -0.05) is 13.8 Å². The second kappa shape index (κ2) is 13.7. The predicted molar refractivity (Wildman–Crippen MR) is 107 cm³/mol. The summed E-state index contributed by atoms with van der Waals surface area (Å²) in [6.45, 7) is 7.79. The van der Waals surface area contributed by atoms with Crippen molar-refractivity contribution in [3.8, 4) is 0 Å². The molecule has 1 atom stereocenters. The van der Waals surface area contributed by atoms with Crippen molar-refractivity contribution < 1.29 is 26.7 Å². The minimum Gasteiger partial charge on any atom is -0.357 e. The number of halogens is 5. The van der Waals surface area contributed by atoms with Gasteiger partial charge < -0.3 is 15.6 Å². The molecule has 1 aliphatic carbocycles. The number of carbonyl (C=O) groups is 1. The molecule has 0 fully saturated rings. The van der Waals surface area contributed by atoms with Crippen LogP contribution < -0.4 is 11.1 Å². The van der Waals surface area contributed by atoms with E-state index in [2.05, 4.69) is 10.3 Å². The van der Waals surface area contributed by atoms with Crippen LogP contribution in [-0.4, -0.2) is 28.5 Å². The highest BCUT2D eigenvalue weighted by atomic mass is 19.4. The normalized spacial score (nSPS) is 14.5. The number of carbonyl (C=O) groups excluding carboxylic acids is 1. The number of allylic oxidation sites excluding steroid dienone is 5. The number of rotatable bonds is 6. The van der Waals surface area contributed by atoms with E-state index >= 15 is 0 Å². The molecule has 3 N–H and O–H groups in total. The maximum absolute atomic E-state index is 13.2. The first-order valence-electron chi connectivity index (χ1n) is 9.50. The zero-order chi connectivity index (χ0) is 23.3. The Balaban J connectivity index is 0.000000522. The Morgan fingerprint density at radius 2 is 1.93 bits per heavy atom. The number of hydrogen-bond acceptors (Lipinski definition) is 3. The summed E-state index contributed by atoms with van der Waals surface area (Å²) in [7, 11) is 0. The maximum atomic E-state index is 13.2. The van der Waals surface area contributed by atoms with Crippen molar-refractivity contribution in [2.24, 2.45) is 5.73 Å². The number of aryl methyl sites for hydroxylation is 1. The predicted octanol–water partition coefficient (Wildman–Crippen LogP) is 4.74. The first-order chi connectivity index (χ1) is 14.0. The number of aromatic nitrogens is 2. The molecule has 0 aromatic carbocycles. The van der Waals surface area contributed by atoms with Gasteiger partial charge >= 0.3 is 6.18 Å². The third kappa shape index (κ3) is 10.3. The third-order valence-electron chi connectivity index (χ3n) is 3.62. The van der Waals surface area contributed by atoms with Gasteiger partial charge in [0, 0.05) is 25.3 Å². The van der Waals surface area contributed by atoms with E-state index in [0.29, 0.717) is 24.8 Å². The molecule has 170 valence electrons. The van der Waals surface area contributed by atoms with E-state index in [1.807, 2.05) is 13.8 Å². The molecule has 0 radical (unpaired) electrons. The van der Waals surface area contributed by atoms with Gasteiger partial charge in [0.05, 0.1) is 0 Å². The molecule has 0 unspecified atom stereocenters. The highest BCUT2D eigenvalue weighted by Gasteiger charge is 2.34. The zero-order valence-corrected chi connectivity index (χ0v) is 17.6. The lowest BCUT2D eigenvalue weighted by Crippen LogP contribution is -2.18. The topological polar surface area (TPSA) is 72.9 Å². The average molecular weight is 436 g/mol. The number of nitrogens with one attached hydrogen (secondary N) is 1. The summed E-state index contributed by atoms with van der Waals surface area (Å²) < 4.78 is 64.1. The molecule has 30 heavy (non-hydrogen) atoms. The van der Waals surface area contributed by atoms with Gasteiger partial charge in [0.2, 0.25) is 6.41 Å². The van der Waals surface area contributed by atoms with E-state index in [4.69, 9.17) is 5.73 Å². The quantitative estimate of drug-likeness (QED) is 0.384. The lowest BCUT2D eigenvalue weighted by atomic mass is 10.1. The van der Waals surface area contributed by atoms with Gasteiger partial charge in [-0.25, -0.2) is 13.8 Å². The second-order valence-corrected chi connectivity index (χ2v) is 6.16. The van der Waals surface area contributed by atoms with Crippen LogP contribution in [0.2, 0.25) is 0 Å². The fraction of sp³-hybridized carbons (Fsp3) is 0.500. The Morgan fingerprint density at radius 3 is 2.43 bits per heavy atom. The first kappa shape index (κ1) is 27.5. The number of hydrogen-bond donors (Lipinski definition) is 2. The van der Waals surface area contributed by atoms with Crippen LogP contribution in [0.4, 0.5) is 22.0 Å². The number of nitrogens with zero attached hydrogens (tertiary/aromatic N) is 2. The van der Waals surface area contributed by atoms with E-state index < -0.39 is 11.9 Å².